The van der Waals surface area contributed by atoms with Crippen molar-refractivity contribution in [2.45, 2.75) is 114 Å². The number of methoxy groups -OCH3 is 1. The molecule has 6 aliphatic rings. The van der Waals surface area contributed by atoms with E-state index in [2.05, 4.69) is 49.0 Å². The van der Waals surface area contributed by atoms with Crippen LogP contribution in [0.25, 0.3) is 11.1 Å². The lowest BCUT2D eigenvalue weighted by Crippen LogP contribution is -2.52. The summed E-state index contributed by atoms with van der Waals surface area (Å²) >= 11 is 0. The average Bonchev–Trinajstić information content (AvgIpc) is 3.64. The van der Waals surface area contributed by atoms with Gasteiger partial charge in [0, 0.05) is 56.0 Å². The summed E-state index contributed by atoms with van der Waals surface area (Å²) in [6.07, 6.45) is 18.3. The highest BCUT2D eigenvalue weighted by atomic mass is 16.6. The Kier molecular flexibility index (Phi) is 9.33. The fraction of sp³-hybridized carbons (Fsp3) is 0.619. The normalized spacial score (nSPS) is 28.1. The molecule has 2 amide bonds. The van der Waals surface area contributed by atoms with Crippen molar-refractivity contribution in [1.82, 2.24) is 19.7 Å². The lowest BCUT2D eigenvalue weighted by atomic mass is 9.51. The van der Waals surface area contributed by atoms with Crippen molar-refractivity contribution < 1.29 is 24.2 Å². The lowest BCUT2D eigenvalue weighted by Gasteiger charge is -2.55. The van der Waals surface area contributed by atoms with Gasteiger partial charge in [0.1, 0.15) is 17.7 Å². The number of carbonyl (C=O) groups is 2. The van der Waals surface area contributed by atoms with Gasteiger partial charge in [0.15, 0.2) is 0 Å². The maximum Gasteiger partial charge on any atom is 0.410 e. The number of hydrogen-bond donors (Lipinski definition) is 1. The summed E-state index contributed by atoms with van der Waals surface area (Å²) in [6, 6.07) is 10.8. The summed E-state index contributed by atoms with van der Waals surface area (Å²) in [4.78, 5) is 36.0. The van der Waals surface area contributed by atoms with Crippen molar-refractivity contribution in [3.05, 3.63) is 60.0 Å². The summed E-state index contributed by atoms with van der Waals surface area (Å²) in [5, 5.41) is 14.1. The largest absolute Gasteiger partial charge is 0.496 e. The maximum absolute atomic E-state index is 14.7. The van der Waals surface area contributed by atoms with Crippen molar-refractivity contribution in [3.63, 3.8) is 0 Å². The van der Waals surface area contributed by atoms with Gasteiger partial charge in [-0.25, -0.2) is 9.78 Å². The van der Waals surface area contributed by atoms with Gasteiger partial charge in [0.2, 0.25) is 5.91 Å². The van der Waals surface area contributed by atoms with Gasteiger partial charge >= 0.3 is 6.09 Å². The van der Waals surface area contributed by atoms with E-state index in [-0.39, 0.29) is 52.9 Å². The molecule has 6 fully saturated rings. The molecule has 1 saturated heterocycles. The number of benzene rings is 1. The zero-order valence-corrected chi connectivity index (χ0v) is 31.2. The number of fused-ring (bicyclic) bond motifs is 3. The highest BCUT2D eigenvalue weighted by Gasteiger charge is 2.51. The summed E-state index contributed by atoms with van der Waals surface area (Å²) in [5.41, 5.74) is 5.02. The standard InChI is InChI=1S/C42H55N5O5/c1-29-21-34(7-10-36(29)51-3)42-17-14-41(15-18-42,16-19-42)28-46(37-22-32(11-20-43-37)33-23-44-47(26-33)40(2)12-4-13-40)38(49)31-5-8-35(9-6-31)52-39(50)45-24-30(25-45)27-48/h7,10-11,20-23,26,30-31,35,48H,4-6,8-9,12-19,24-25,27-28H2,1-3H3. The van der Waals surface area contributed by atoms with Crippen LogP contribution in [0.1, 0.15) is 102 Å². The number of likely N-dealkylation sites (tertiary alicyclic amines) is 1. The Hall–Kier alpha value is -3.92. The van der Waals surface area contributed by atoms with E-state index in [9.17, 15) is 14.7 Å². The zero-order valence-electron chi connectivity index (χ0n) is 31.2. The van der Waals surface area contributed by atoms with Gasteiger partial charge in [0.25, 0.3) is 0 Å². The first-order valence-corrected chi connectivity index (χ1v) is 19.7. The molecule has 5 saturated carbocycles. The van der Waals surface area contributed by atoms with Crippen LogP contribution in [0.5, 0.6) is 5.75 Å². The molecule has 0 unspecified atom stereocenters. The van der Waals surface area contributed by atoms with Crippen molar-refractivity contribution in [2.75, 3.05) is 38.3 Å². The van der Waals surface area contributed by atoms with Crippen LogP contribution in [0, 0.1) is 24.2 Å². The quantitative estimate of drug-likeness (QED) is 0.234. The second-order valence-corrected chi connectivity index (χ2v) is 17.1. The molecule has 2 aromatic heterocycles. The Morgan fingerprint density at radius 2 is 1.69 bits per heavy atom. The van der Waals surface area contributed by atoms with E-state index in [1.54, 1.807) is 12.0 Å². The molecule has 10 nitrogen and oxygen atoms in total. The van der Waals surface area contributed by atoms with E-state index in [1.165, 1.54) is 17.5 Å². The number of aryl methyl sites for hydroxylation is 1. The minimum Gasteiger partial charge on any atom is -0.496 e. The monoisotopic (exact) mass is 709 g/mol. The molecule has 5 aliphatic carbocycles. The minimum atomic E-state index is -0.300. The van der Waals surface area contributed by atoms with Crippen LogP contribution in [0.4, 0.5) is 10.6 Å². The van der Waals surface area contributed by atoms with Gasteiger partial charge in [-0.15, -0.1) is 0 Å². The van der Waals surface area contributed by atoms with E-state index in [4.69, 9.17) is 19.6 Å². The van der Waals surface area contributed by atoms with Crippen LogP contribution in [0.15, 0.2) is 48.9 Å². The average molecular weight is 710 g/mol. The first-order chi connectivity index (χ1) is 25.1. The fourth-order valence-corrected chi connectivity index (χ4v) is 9.88. The minimum absolute atomic E-state index is 0.0523. The molecule has 0 radical (unpaired) electrons. The van der Waals surface area contributed by atoms with Crippen LogP contribution in [0.3, 0.4) is 0 Å². The molecule has 2 bridgehead atoms. The van der Waals surface area contributed by atoms with Crippen LogP contribution >= 0.6 is 0 Å². The molecule has 278 valence electrons. The van der Waals surface area contributed by atoms with Crippen LogP contribution in [-0.4, -0.2) is 76.2 Å². The predicted molar refractivity (Wildman–Crippen MR) is 199 cm³/mol. The highest BCUT2D eigenvalue weighted by Crippen LogP contribution is 2.58. The molecule has 0 spiro atoms. The topological polar surface area (TPSA) is 110 Å². The number of nitrogens with zero attached hydrogens (tertiary/aromatic N) is 5. The fourth-order valence-electron chi connectivity index (χ4n) is 9.88. The molecule has 1 aliphatic heterocycles. The van der Waals surface area contributed by atoms with Crippen molar-refractivity contribution >= 4 is 17.8 Å². The van der Waals surface area contributed by atoms with Crippen LogP contribution in [-0.2, 0) is 20.5 Å². The summed E-state index contributed by atoms with van der Waals surface area (Å²) in [6.45, 7) is 6.28. The van der Waals surface area contributed by atoms with E-state index >= 15 is 0 Å². The van der Waals surface area contributed by atoms with Crippen LogP contribution < -0.4 is 9.64 Å². The number of amides is 2. The number of carbonyl (C=O) groups excluding carboxylic acids is 2. The highest BCUT2D eigenvalue weighted by molar-refractivity contribution is 5.95. The molecule has 0 atom stereocenters. The SMILES string of the molecule is COc1ccc(C23CCC(CN(C(=O)C4CCC(OC(=O)N5CC(CO)C5)CC4)c4cc(-c5cnn(C6(C)CCC6)c5)ccn4)(CC2)CC3)cc1C. The number of pyridine rings is 1. The lowest BCUT2D eigenvalue weighted by molar-refractivity contribution is -0.124. The molecule has 10 heteroatoms. The summed E-state index contributed by atoms with van der Waals surface area (Å²) in [7, 11) is 1.74. The van der Waals surface area contributed by atoms with E-state index in [0.717, 1.165) is 74.1 Å². The third-order valence-electron chi connectivity index (χ3n) is 13.9. The molecule has 1 aromatic carbocycles. The number of aromatic nitrogens is 3. The smallest absolute Gasteiger partial charge is 0.410 e. The van der Waals surface area contributed by atoms with Crippen molar-refractivity contribution in [3.8, 4) is 16.9 Å². The van der Waals surface area contributed by atoms with Crippen molar-refractivity contribution in [2.24, 2.45) is 17.3 Å². The van der Waals surface area contributed by atoms with Gasteiger partial charge in [-0.05, 0) is 143 Å². The van der Waals surface area contributed by atoms with Gasteiger partial charge in [-0.3, -0.25) is 14.4 Å². The second kappa shape index (κ2) is 13.8. The van der Waals surface area contributed by atoms with Gasteiger partial charge in [-0.2, -0.15) is 5.10 Å². The number of anilines is 1. The molecule has 9 rings (SSSR count). The Bertz CT molecular complexity index is 1760. The molecule has 3 heterocycles. The number of ether oxygens (including phenoxy) is 2. The molecular formula is C42H55N5O5. The first-order valence-electron chi connectivity index (χ1n) is 19.7. The Balaban J connectivity index is 1.00. The van der Waals surface area contributed by atoms with Gasteiger partial charge in [-0.1, -0.05) is 12.1 Å². The third kappa shape index (κ3) is 6.49. The van der Waals surface area contributed by atoms with E-state index in [1.807, 2.05) is 23.4 Å². The molecule has 52 heavy (non-hydrogen) atoms. The van der Waals surface area contributed by atoms with E-state index in [0.29, 0.717) is 45.3 Å². The molecular weight excluding hydrogens is 654 g/mol. The van der Waals surface area contributed by atoms with Crippen LogP contribution in [0.2, 0.25) is 0 Å². The number of aliphatic hydroxyl groups is 1. The number of aliphatic hydroxyl groups excluding tert-OH is 1. The predicted octanol–water partition coefficient (Wildman–Crippen LogP) is 7.41. The maximum atomic E-state index is 14.7. The Morgan fingerprint density at radius 3 is 2.33 bits per heavy atom. The molecule has 1 N–H and O–H groups in total. The van der Waals surface area contributed by atoms with Crippen molar-refractivity contribution in [1.29, 1.82) is 0 Å². The Labute approximate surface area is 307 Å². The zero-order chi connectivity index (χ0) is 36.1. The number of hydrogen-bond acceptors (Lipinski definition) is 7. The first kappa shape index (κ1) is 35.1. The summed E-state index contributed by atoms with van der Waals surface area (Å²) < 4.78 is 13.5. The second-order valence-electron chi connectivity index (χ2n) is 17.1. The van der Waals surface area contributed by atoms with Gasteiger partial charge in [0.05, 0.1) is 18.8 Å². The Morgan fingerprint density at radius 1 is 0.962 bits per heavy atom. The van der Waals surface area contributed by atoms with E-state index < -0.39 is 0 Å². The third-order valence-corrected chi connectivity index (χ3v) is 13.9. The molecule has 3 aromatic rings. The summed E-state index contributed by atoms with van der Waals surface area (Å²) in [5.74, 6) is 1.81. The number of rotatable bonds is 10. The van der Waals surface area contributed by atoms with Gasteiger partial charge < -0.3 is 19.5 Å².